The van der Waals surface area contributed by atoms with Crippen LogP contribution in [-0.2, 0) is 13.1 Å². The molecule has 0 spiro atoms. The lowest BCUT2D eigenvalue weighted by Crippen LogP contribution is -2.38. The number of aromatic nitrogens is 2. The summed E-state index contributed by atoms with van der Waals surface area (Å²) in [7, 11) is 1.61. The molecule has 160 valence electrons. The Morgan fingerprint density at radius 2 is 2.03 bits per heavy atom. The van der Waals surface area contributed by atoms with Gasteiger partial charge in [0, 0.05) is 19.3 Å². The summed E-state index contributed by atoms with van der Waals surface area (Å²) in [6.07, 6.45) is 1.62. The first-order chi connectivity index (χ1) is 15.1. The second kappa shape index (κ2) is 8.91. The molecule has 0 radical (unpaired) electrons. The van der Waals surface area contributed by atoms with Crippen LogP contribution in [-0.4, -0.2) is 35.1 Å². The molecular weight excluding hydrogens is 396 g/mol. The molecule has 3 aromatic rings. The predicted molar refractivity (Wildman–Crippen MR) is 114 cm³/mol. The van der Waals surface area contributed by atoms with Gasteiger partial charge in [0.15, 0.2) is 5.82 Å². The second-order valence-corrected chi connectivity index (χ2v) is 7.16. The maximum atomic E-state index is 12.6. The highest BCUT2D eigenvalue weighted by molar-refractivity contribution is 5.96. The zero-order chi connectivity index (χ0) is 21.8. The van der Waals surface area contributed by atoms with Crippen molar-refractivity contribution in [3.05, 3.63) is 77.4 Å². The lowest BCUT2D eigenvalue weighted by molar-refractivity contribution is 0.0894. The molecule has 1 aromatic heterocycles. The highest BCUT2D eigenvalue weighted by atomic mass is 16.5. The molecule has 0 unspecified atom stereocenters. The Morgan fingerprint density at radius 3 is 2.77 bits per heavy atom. The van der Waals surface area contributed by atoms with Gasteiger partial charge in [0.2, 0.25) is 0 Å². The summed E-state index contributed by atoms with van der Waals surface area (Å²) in [4.78, 5) is 29.4. The topological polar surface area (TPSA) is 94.5 Å². The van der Waals surface area contributed by atoms with Gasteiger partial charge in [-0.15, -0.1) is 0 Å². The summed E-state index contributed by atoms with van der Waals surface area (Å²) in [6, 6.07) is 14.9. The van der Waals surface area contributed by atoms with Crippen LogP contribution in [0.4, 0.5) is 0 Å². The average molecular weight is 420 g/mol. The molecule has 1 aliphatic rings. The number of rotatable bonds is 7. The van der Waals surface area contributed by atoms with Crippen molar-refractivity contribution < 1.29 is 19.1 Å². The Hall–Kier alpha value is -3.81. The van der Waals surface area contributed by atoms with Gasteiger partial charge < -0.3 is 24.7 Å². The summed E-state index contributed by atoms with van der Waals surface area (Å²) < 4.78 is 12.4. The fraction of sp³-hybridized carbons (Fsp3) is 0.261. The smallest absolute Gasteiger partial charge is 0.287 e. The van der Waals surface area contributed by atoms with E-state index in [2.05, 4.69) is 15.6 Å². The number of benzene rings is 2. The molecule has 2 amide bonds. The molecule has 0 saturated heterocycles. The highest BCUT2D eigenvalue weighted by Gasteiger charge is 2.28. The van der Waals surface area contributed by atoms with E-state index in [1.54, 1.807) is 17.9 Å². The van der Waals surface area contributed by atoms with Crippen molar-refractivity contribution >= 4 is 11.8 Å². The minimum absolute atomic E-state index is 0.210. The van der Waals surface area contributed by atoms with E-state index < -0.39 is 0 Å². The van der Waals surface area contributed by atoms with Gasteiger partial charge in [-0.05, 0) is 42.3 Å². The Morgan fingerprint density at radius 1 is 1.23 bits per heavy atom. The van der Waals surface area contributed by atoms with Crippen molar-refractivity contribution in [1.29, 1.82) is 0 Å². The maximum Gasteiger partial charge on any atom is 0.287 e. The number of hydrogen-bond acceptors (Lipinski definition) is 5. The molecule has 8 heteroatoms. The number of nitrogens with zero attached hydrogens (tertiary/aromatic N) is 2. The zero-order valence-corrected chi connectivity index (χ0v) is 17.4. The summed E-state index contributed by atoms with van der Waals surface area (Å²) >= 11 is 0. The molecule has 1 aliphatic heterocycles. The van der Waals surface area contributed by atoms with Gasteiger partial charge in [-0.1, -0.05) is 24.3 Å². The monoisotopic (exact) mass is 420 g/mol. The van der Waals surface area contributed by atoms with E-state index >= 15 is 0 Å². The summed E-state index contributed by atoms with van der Waals surface area (Å²) in [5.74, 6) is 1.09. The number of ether oxygens (including phenoxy) is 2. The Balaban J connectivity index is 1.44. The van der Waals surface area contributed by atoms with E-state index in [9.17, 15) is 9.59 Å². The van der Waals surface area contributed by atoms with Crippen LogP contribution in [0.1, 0.15) is 45.2 Å². The number of hydrogen-bond donors (Lipinski definition) is 2. The number of nitrogens with one attached hydrogen (secondary N) is 2. The summed E-state index contributed by atoms with van der Waals surface area (Å²) in [5, 5.41) is 5.79. The Labute approximate surface area is 180 Å². The van der Waals surface area contributed by atoms with Crippen LogP contribution in [0.15, 0.2) is 54.7 Å². The lowest BCUT2D eigenvalue weighted by Gasteiger charge is -2.25. The van der Waals surface area contributed by atoms with Crippen LogP contribution in [0, 0.1) is 0 Å². The molecule has 0 saturated carbocycles. The molecule has 2 aromatic carbocycles. The SMILES string of the molecule is CCOc1cccc(CNC(=O)c2cn3c(n2)C(=O)N[C@H](c2ccc(OC)cc2)C3)c1. The minimum Gasteiger partial charge on any atom is -0.497 e. The van der Waals surface area contributed by atoms with Crippen molar-refractivity contribution in [3.63, 3.8) is 0 Å². The molecule has 4 rings (SSSR count). The van der Waals surface area contributed by atoms with E-state index in [4.69, 9.17) is 9.47 Å². The second-order valence-electron chi connectivity index (χ2n) is 7.16. The molecular formula is C23H24N4O4. The van der Waals surface area contributed by atoms with Crippen LogP contribution < -0.4 is 20.1 Å². The standard InChI is InChI=1S/C23H24N4O4/c1-3-31-18-6-4-5-15(11-18)12-24-22(28)20-14-27-13-19(26-23(29)21(27)25-20)16-7-9-17(30-2)10-8-16/h4-11,14,19H,3,12-13H2,1-2H3,(H,24,28)(H,26,29)/t19-/m0/s1. The van der Waals surface area contributed by atoms with Crippen molar-refractivity contribution in [3.8, 4) is 11.5 Å². The van der Waals surface area contributed by atoms with Crippen LogP contribution in [0.25, 0.3) is 0 Å². The molecule has 0 fully saturated rings. The third-order valence-electron chi connectivity index (χ3n) is 5.08. The lowest BCUT2D eigenvalue weighted by atomic mass is 10.1. The first kappa shape index (κ1) is 20.5. The first-order valence-electron chi connectivity index (χ1n) is 10.1. The van der Waals surface area contributed by atoms with E-state index in [-0.39, 0.29) is 29.4 Å². The highest BCUT2D eigenvalue weighted by Crippen LogP contribution is 2.23. The quantitative estimate of drug-likeness (QED) is 0.613. The first-order valence-corrected chi connectivity index (χ1v) is 10.1. The molecule has 2 heterocycles. The van der Waals surface area contributed by atoms with Gasteiger partial charge in [-0.2, -0.15) is 0 Å². The Bertz CT molecular complexity index is 1090. The van der Waals surface area contributed by atoms with Crippen LogP contribution >= 0.6 is 0 Å². The van der Waals surface area contributed by atoms with E-state index in [1.807, 2.05) is 55.5 Å². The van der Waals surface area contributed by atoms with Gasteiger partial charge in [0.05, 0.1) is 19.8 Å². The normalized spacial score (nSPS) is 15.0. The van der Waals surface area contributed by atoms with Crippen molar-refractivity contribution in [2.24, 2.45) is 0 Å². The van der Waals surface area contributed by atoms with Gasteiger partial charge >= 0.3 is 0 Å². The van der Waals surface area contributed by atoms with Crippen molar-refractivity contribution in [2.75, 3.05) is 13.7 Å². The average Bonchev–Trinajstić information content (AvgIpc) is 3.23. The number of methoxy groups -OCH3 is 1. The van der Waals surface area contributed by atoms with Crippen molar-refractivity contribution in [1.82, 2.24) is 20.2 Å². The van der Waals surface area contributed by atoms with Gasteiger partial charge in [-0.3, -0.25) is 9.59 Å². The minimum atomic E-state index is -0.336. The Kier molecular flexibility index (Phi) is 5.88. The predicted octanol–water partition coefficient (Wildman–Crippen LogP) is 2.71. The number of amides is 2. The summed E-state index contributed by atoms with van der Waals surface area (Å²) in [6.45, 7) is 3.33. The number of carbonyl (C=O) groups is 2. The van der Waals surface area contributed by atoms with Gasteiger partial charge in [-0.25, -0.2) is 4.98 Å². The maximum absolute atomic E-state index is 12.6. The van der Waals surface area contributed by atoms with Crippen LogP contribution in [0.3, 0.4) is 0 Å². The van der Waals surface area contributed by atoms with E-state index in [0.29, 0.717) is 19.7 Å². The number of carbonyl (C=O) groups excluding carboxylic acids is 2. The molecule has 2 N–H and O–H groups in total. The number of imidazole rings is 1. The molecule has 0 aliphatic carbocycles. The molecule has 1 atom stereocenters. The van der Waals surface area contributed by atoms with Crippen LogP contribution in [0.5, 0.6) is 11.5 Å². The molecule has 0 bridgehead atoms. The van der Waals surface area contributed by atoms with E-state index in [1.165, 1.54) is 0 Å². The summed E-state index contributed by atoms with van der Waals surface area (Å²) in [5.41, 5.74) is 2.08. The molecule has 8 nitrogen and oxygen atoms in total. The fourth-order valence-corrected chi connectivity index (χ4v) is 3.52. The fourth-order valence-electron chi connectivity index (χ4n) is 3.52. The molecule has 31 heavy (non-hydrogen) atoms. The van der Waals surface area contributed by atoms with E-state index in [0.717, 1.165) is 22.6 Å². The van der Waals surface area contributed by atoms with Crippen LogP contribution in [0.2, 0.25) is 0 Å². The van der Waals surface area contributed by atoms with Crippen molar-refractivity contribution in [2.45, 2.75) is 26.1 Å². The third-order valence-corrected chi connectivity index (χ3v) is 5.08. The van der Waals surface area contributed by atoms with Gasteiger partial charge in [0.25, 0.3) is 11.8 Å². The third kappa shape index (κ3) is 4.53. The zero-order valence-electron chi connectivity index (χ0n) is 17.4. The largest absolute Gasteiger partial charge is 0.497 e. The van der Waals surface area contributed by atoms with Gasteiger partial charge in [0.1, 0.15) is 17.2 Å². The number of fused-ring (bicyclic) bond motifs is 1.